The van der Waals surface area contributed by atoms with E-state index in [9.17, 15) is 18.0 Å². The van der Waals surface area contributed by atoms with Crippen molar-refractivity contribution in [3.8, 4) is 0 Å². The van der Waals surface area contributed by atoms with Gasteiger partial charge in [-0.25, -0.2) is 8.42 Å². The van der Waals surface area contributed by atoms with Crippen molar-refractivity contribution in [2.45, 2.75) is 31.1 Å². The molecule has 0 atom stereocenters. The van der Waals surface area contributed by atoms with Crippen molar-refractivity contribution in [1.29, 1.82) is 0 Å². The summed E-state index contributed by atoms with van der Waals surface area (Å²) < 4.78 is 26.8. The first kappa shape index (κ1) is 22.5. The standard InChI is InChI=1S/C24H29N3O4S/c1-2-19-5-7-20(8-6-19)23(28)25-15-17-26(18-16-25)24(29)21-9-11-22(12-10-21)32(30,31)27-13-3-4-14-27/h5-12H,2-4,13-18H2,1H3. The number of benzene rings is 2. The average Bonchev–Trinajstić information content (AvgIpc) is 3.39. The smallest absolute Gasteiger partial charge is 0.253 e. The molecular formula is C24H29N3O4S. The first-order valence-corrected chi connectivity index (χ1v) is 12.6. The molecule has 0 saturated carbocycles. The molecule has 32 heavy (non-hydrogen) atoms. The van der Waals surface area contributed by atoms with Crippen LogP contribution in [0.25, 0.3) is 0 Å². The van der Waals surface area contributed by atoms with E-state index < -0.39 is 10.0 Å². The van der Waals surface area contributed by atoms with Gasteiger partial charge in [0.15, 0.2) is 0 Å². The van der Waals surface area contributed by atoms with E-state index in [0.29, 0.717) is 50.4 Å². The third-order valence-corrected chi connectivity index (χ3v) is 8.18. The fraction of sp³-hybridized carbons (Fsp3) is 0.417. The van der Waals surface area contributed by atoms with Crippen molar-refractivity contribution in [2.75, 3.05) is 39.3 Å². The summed E-state index contributed by atoms with van der Waals surface area (Å²) >= 11 is 0. The Kier molecular flexibility index (Phi) is 6.62. The van der Waals surface area contributed by atoms with Gasteiger partial charge in [0.05, 0.1) is 4.90 Å². The molecule has 0 aliphatic carbocycles. The topological polar surface area (TPSA) is 78.0 Å². The maximum Gasteiger partial charge on any atom is 0.253 e. The summed E-state index contributed by atoms with van der Waals surface area (Å²) in [6.45, 7) is 5.02. The van der Waals surface area contributed by atoms with E-state index in [-0.39, 0.29) is 16.7 Å². The number of carbonyl (C=O) groups excluding carboxylic acids is 2. The second kappa shape index (κ2) is 9.42. The molecule has 2 aliphatic heterocycles. The first-order chi connectivity index (χ1) is 15.4. The number of sulfonamides is 1. The van der Waals surface area contributed by atoms with Crippen LogP contribution in [0.15, 0.2) is 53.4 Å². The van der Waals surface area contributed by atoms with Gasteiger partial charge in [0.1, 0.15) is 0 Å². The zero-order chi connectivity index (χ0) is 22.7. The summed E-state index contributed by atoms with van der Waals surface area (Å²) in [6.07, 6.45) is 2.70. The van der Waals surface area contributed by atoms with Crippen LogP contribution in [0.5, 0.6) is 0 Å². The summed E-state index contributed by atoms with van der Waals surface area (Å²) in [6, 6.07) is 13.9. The molecule has 2 heterocycles. The van der Waals surface area contributed by atoms with Crippen molar-refractivity contribution >= 4 is 21.8 Å². The average molecular weight is 456 g/mol. The van der Waals surface area contributed by atoms with Crippen LogP contribution in [0, 0.1) is 0 Å². The molecule has 2 saturated heterocycles. The van der Waals surface area contributed by atoms with E-state index in [2.05, 4.69) is 6.92 Å². The van der Waals surface area contributed by atoms with Crippen LogP contribution in [0.4, 0.5) is 0 Å². The highest BCUT2D eigenvalue weighted by Gasteiger charge is 2.28. The van der Waals surface area contributed by atoms with Crippen molar-refractivity contribution in [2.24, 2.45) is 0 Å². The van der Waals surface area contributed by atoms with Crippen LogP contribution in [-0.4, -0.2) is 73.6 Å². The number of hydrogen-bond acceptors (Lipinski definition) is 4. The second-order valence-corrected chi connectivity index (χ2v) is 10.2. The second-order valence-electron chi connectivity index (χ2n) is 8.27. The maximum atomic E-state index is 12.9. The van der Waals surface area contributed by atoms with Gasteiger partial charge >= 0.3 is 0 Å². The van der Waals surface area contributed by atoms with Gasteiger partial charge in [0.25, 0.3) is 11.8 Å². The first-order valence-electron chi connectivity index (χ1n) is 11.2. The Bertz CT molecular complexity index is 1070. The zero-order valence-corrected chi connectivity index (χ0v) is 19.2. The van der Waals surface area contributed by atoms with Gasteiger partial charge in [0.2, 0.25) is 10.0 Å². The summed E-state index contributed by atoms with van der Waals surface area (Å²) in [5.74, 6) is -0.161. The minimum Gasteiger partial charge on any atom is -0.335 e. The molecule has 2 aliphatic rings. The van der Waals surface area contributed by atoms with E-state index in [4.69, 9.17) is 0 Å². The zero-order valence-electron chi connectivity index (χ0n) is 18.4. The molecular weight excluding hydrogens is 426 g/mol. The van der Waals surface area contributed by atoms with Gasteiger partial charge in [0, 0.05) is 50.4 Å². The molecule has 8 heteroatoms. The van der Waals surface area contributed by atoms with E-state index in [1.54, 1.807) is 21.9 Å². The van der Waals surface area contributed by atoms with Crippen molar-refractivity contribution in [3.63, 3.8) is 0 Å². The minimum atomic E-state index is -3.49. The molecule has 2 fully saturated rings. The molecule has 0 spiro atoms. The highest BCUT2D eigenvalue weighted by atomic mass is 32.2. The monoisotopic (exact) mass is 455 g/mol. The normalized spacial score (nSPS) is 17.5. The van der Waals surface area contributed by atoms with Gasteiger partial charge in [-0.2, -0.15) is 4.31 Å². The van der Waals surface area contributed by atoms with Crippen LogP contribution >= 0.6 is 0 Å². The van der Waals surface area contributed by atoms with Gasteiger partial charge in [-0.05, 0) is 61.2 Å². The Labute approximate surface area is 189 Å². The molecule has 170 valence electrons. The Hall–Kier alpha value is -2.71. The van der Waals surface area contributed by atoms with Crippen LogP contribution in [0.1, 0.15) is 46.0 Å². The molecule has 7 nitrogen and oxygen atoms in total. The minimum absolute atomic E-state index is 0.0174. The van der Waals surface area contributed by atoms with E-state index >= 15 is 0 Å². The Balaban J connectivity index is 1.36. The van der Waals surface area contributed by atoms with Gasteiger partial charge in [-0.1, -0.05) is 19.1 Å². The molecule has 0 N–H and O–H groups in total. The van der Waals surface area contributed by atoms with Gasteiger partial charge in [-0.15, -0.1) is 0 Å². The van der Waals surface area contributed by atoms with E-state index in [0.717, 1.165) is 19.3 Å². The molecule has 0 bridgehead atoms. The molecule has 0 unspecified atom stereocenters. The van der Waals surface area contributed by atoms with E-state index in [1.807, 2.05) is 24.3 Å². The largest absolute Gasteiger partial charge is 0.335 e. The molecule has 4 rings (SSSR count). The Morgan fingerprint density at radius 1 is 0.719 bits per heavy atom. The van der Waals surface area contributed by atoms with Crippen LogP contribution in [-0.2, 0) is 16.4 Å². The number of rotatable bonds is 5. The fourth-order valence-corrected chi connectivity index (χ4v) is 5.72. The molecule has 2 aromatic rings. The highest BCUT2D eigenvalue weighted by molar-refractivity contribution is 7.89. The lowest BCUT2D eigenvalue weighted by atomic mass is 10.1. The SMILES string of the molecule is CCc1ccc(C(=O)N2CCN(C(=O)c3ccc(S(=O)(=O)N4CCCC4)cc3)CC2)cc1. The predicted molar refractivity (Wildman–Crippen MR) is 122 cm³/mol. The number of piperazine rings is 1. The van der Waals surface area contributed by atoms with Gasteiger partial charge < -0.3 is 9.80 Å². The van der Waals surface area contributed by atoms with Crippen LogP contribution in [0.3, 0.4) is 0 Å². The Morgan fingerprint density at radius 2 is 1.16 bits per heavy atom. The van der Waals surface area contributed by atoms with Crippen molar-refractivity contribution < 1.29 is 18.0 Å². The summed E-state index contributed by atoms with van der Waals surface area (Å²) in [5.41, 5.74) is 2.31. The summed E-state index contributed by atoms with van der Waals surface area (Å²) in [4.78, 5) is 29.4. The molecule has 0 aromatic heterocycles. The number of aryl methyl sites for hydroxylation is 1. The van der Waals surface area contributed by atoms with Crippen LogP contribution in [0.2, 0.25) is 0 Å². The van der Waals surface area contributed by atoms with Crippen molar-refractivity contribution in [3.05, 3.63) is 65.2 Å². The lowest BCUT2D eigenvalue weighted by molar-refractivity contribution is 0.0535. The lowest BCUT2D eigenvalue weighted by Crippen LogP contribution is -2.50. The maximum absolute atomic E-state index is 12.9. The highest BCUT2D eigenvalue weighted by Crippen LogP contribution is 2.22. The van der Waals surface area contributed by atoms with E-state index in [1.165, 1.54) is 22.0 Å². The third-order valence-electron chi connectivity index (χ3n) is 6.27. The molecule has 2 aromatic carbocycles. The van der Waals surface area contributed by atoms with Crippen molar-refractivity contribution in [1.82, 2.24) is 14.1 Å². The fourth-order valence-electron chi connectivity index (χ4n) is 4.21. The van der Waals surface area contributed by atoms with Crippen LogP contribution < -0.4 is 0 Å². The number of carbonyl (C=O) groups is 2. The third kappa shape index (κ3) is 4.56. The quantitative estimate of drug-likeness (QED) is 0.694. The molecule has 2 amide bonds. The number of nitrogens with zero attached hydrogens (tertiary/aromatic N) is 3. The van der Waals surface area contributed by atoms with Gasteiger partial charge in [-0.3, -0.25) is 9.59 Å². The predicted octanol–water partition coefficient (Wildman–Crippen LogP) is 2.63. The molecule has 0 radical (unpaired) electrons. The lowest BCUT2D eigenvalue weighted by Gasteiger charge is -2.35. The summed E-state index contributed by atoms with van der Waals surface area (Å²) in [7, 11) is -3.49. The summed E-state index contributed by atoms with van der Waals surface area (Å²) in [5, 5.41) is 0. The number of amides is 2. The number of hydrogen-bond donors (Lipinski definition) is 0. The Morgan fingerprint density at radius 3 is 1.59 bits per heavy atom.